The second-order valence-electron chi connectivity index (χ2n) is 4.46. The maximum atomic E-state index is 10.3. The van der Waals surface area contributed by atoms with Gasteiger partial charge >= 0.3 is 5.97 Å². The SMILES string of the molecule is CC(C)CC(C)N(C)CCCC(=O)O. The molecule has 0 bridgehead atoms. The zero-order valence-corrected chi connectivity index (χ0v) is 9.79. The summed E-state index contributed by atoms with van der Waals surface area (Å²) < 4.78 is 0. The van der Waals surface area contributed by atoms with E-state index in [4.69, 9.17) is 5.11 Å². The van der Waals surface area contributed by atoms with Crippen LogP contribution in [0.3, 0.4) is 0 Å². The Bertz CT molecular complexity index is 169. The molecule has 0 rings (SSSR count). The molecule has 1 atom stereocenters. The van der Waals surface area contributed by atoms with Gasteiger partial charge in [-0.3, -0.25) is 4.79 Å². The van der Waals surface area contributed by atoms with Gasteiger partial charge in [-0.05, 0) is 39.3 Å². The van der Waals surface area contributed by atoms with Crippen molar-refractivity contribution < 1.29 is 9.90 Å². The van der Waals surface area contributed by atoms with E-state index in [2.05, 4.69) is 32.7 Å². The zero-order valence-electron chi connectivity index (χ0n) is 9.79. The second kappa shape index (κ2) is 6.82. The third kappa shape index (κ3) is 6.89. The van der Waals surface area contributed by atoms with E-state index in [1.54, 1.807) is 0 Å². The van der Waals surface area contributed by atoms with Gasteiger partial charge < -0.3 is 10.0 Å². The van der Waals surface area contributed by atoms with Crippen LogP contribution < -0.4 is 0 Å². The monoisotopic (exact) mass is 201 g/mol. The molecular weight excluding hydrogens is 178 g/mol. The highest BCUT2D eigenvalue weighted by molar-refractivity contribution is 5.66. The largest absolute Gasteiger partial charge is 0.481 e. The number of hydrogen-bond donors (Lipinski definition) is 1. The minimum Gasteiger partial charge on any atom is -0.481 e. The van der Waals surface area contributed by atoms with E-state index in [-0.39, 0.29) is 6.42 Å². The molecular formula is C11H23NO2. The van der Waals surface area contributed by atoms with Crippen molar-refractivity contribution in [2.45, 2.75) is 46.1 Å². The molecule has 84 valence electrons. The summed E-state index contributed by atoms with van der Waals surface area (Å²) in [4.78, 5) is 12.5. The maximum absolute atomic E-state index is 10.3. The van der Waals surface area contributed by atoms with Crippen molar-refractivity contribution >= 4 is 5.97 Å². The van der Waals surface area contributed by atoms with Gasteiger partial charge in [0.2, 0.25) is 0 Å². The Morgan fingerprint density at radius 1 is 1.36 bits per heavy atom. The number of carboxylic acids is 1. The van der Waals surface area contributed by atoms with Crippen molar-refractivity contribution in [1.29, 1.82) is 0 Å². The topological polar surface area (TPSA) is 40.5 Å². The molecule has 0 radical (unpaired) electrons. The van der Waals surface area contributed by atoms with Gasteiger partial charge in [0.1, 0.15) is 0 Å². The molecule has 0 aromatic rings. The standard InChI is InChI=1S/C11H23NO2/c1-9(2)8-10(3)12(4)7-5-6-11(13)14/h9-10H,5-8H2,1-4H3,(H,13,14). The maximum Gasteiger partial charge on any atom is 0.303 e. The molecule has 0 aliphatic rings. The smallest absolute Gasteiger partial charge is 0.303 e. The molecule has 0 aromatic carbocycles. The van der Waals surface area contributed by atoms with Crippen molar-refractivity contribution in [1.82, 2.24) is 4.90 Å². The van der Waals surface area contributed by atoms with Crippen LogP contribution in [0.1, 0.15) is 40.0 Å². The molecule has 0 saturated carbocycles. The fourth-order valence-electron chi connectivity index (χ4n) is 1.56. The summed E-state index contributed by atoms with van der Waals surface area (Å²) in [5.74, 6) is 0.00170. The van der Waals surface area contributed by atoms with Crippen LogP contribution in [-0.4, -0.2) is 35.6 Å². The Morgan fingerprint density at radius 2 is 1.93 bits per heavy atom. The van der Waals surface area contributed by atoms with Gasteiger partial charge in [-0.15, -0.1) is 0 Å². The van der Waals surface area contributed by atoms with E-state index in [0.29, 0.717) is 12.0 Å². The Kier molecular flexibility index (Phi) is 6.54. The third-order valence-electron chi connectivity index (χ3n) is 2.47. The molecule has 0 heterocycles. The van der Waals surface area contributed by atoms with Crippen LogP contribution in [0.15, 0.2) is 0 Å². The molecule has 14 heavy (non-hydrogen) atoms. The molecule has 0 aromatic heterocycles. The van der Waals surface area contributed by atoms with Gasteiger partial charge in [0.05, 0.1) is 0 Å². The number of hydrogen-bond acceptors (Lipinski definition) is 2. The fraction of sp³-hybridized carbons (Fsp3) is 0.909. The lowest BCUT2D eigenvalue weighted by molar-refractivity contribution is -0.137. The Morgan fingerprint density at radius 3 is 2.36 bits per heavy atom. The number of rotatable bonds is 7. The lowest BCUT2D eigenvalue weighted by atomic mass is 10.0. The van der Waals surface area contributed by atoms with Crippen molar-refractivity contribution in [3.8, 4) is 0 Å². The van der Waals surface area contributed by atoms with Crippen LogP contribution in [0.4, 0.5) is 0 Å². The number of carbonyl (C=O) groups is 1. The predicted octanol–water partition coefficient (Wildman–Crippen LogP) is 2.22. The number of nitrogens with zero attached hydrogens (tertiary/aromatic N) is 1. The van der Waals surface area contributed by atoms with Gasteiger partial charge in [-0.1, -0.05) is 13.8 Å². The number of aliphatic carboxylic acids is 1. The summed E-state index contributed by atoms with van der Waals surface area (Å²) in [6.07, 6.45) is 2.19. The highest BCUT2D eigenvalue weighted by atomic mass is 16.4. The van der Waals surface area contributed by atoms with Gasteiger partial charge in [-0.25, -0.2) is 0 Å². The van der Waals surface area contributed by atoms with E-state index >= 15 is 0 Å². The Balaban J connectivity index is 3.61. The van der Waals surface area contributed by atoms with Crippen molar-refractivity contribution in [2.75, 3.05) is 13.6 Å². The Labute approximate surface area is 87.1 Å². The highest BCUT2D eigenvalue weighted by Crippen LogP contribution is 2.09. The molecule has 0 saturated heterocycles. The van der Waals surface area contributed by atoms with Gasteiger partial charge in [0, 0.05) is 12.5 Å². The molecule has 3 heteroatoms. The summed E-state index contributed by atoms with van der Waals surface area (Å²) in [7, 11) is 2.06. The first-order chi connectivity index (χ1) is 6.43. The minimum absolute atomic E-state index is 0.277. The molecule has 1 N–H and O–H groups in total. The molecule has 0 fully saturated rings. The van der Waals surface area contributed by atoms with E-state index in [9.17, 15) is 4.79 Å². The molecule has 0 amide bonds. The molecule has 0 aliphatic carbocycles. The van der Waals surface area contributed by atoms with E-state index < -0.39 is 5.97 Å². The third-order valence-corrected chi connectivity index (χ3v) is 2.47. The first-order valence-corrected chi connectivity index (χ1v) is 5.35. The van der Waals surface area contributed by atoms with Crippen LogP contribution in [0, 0.1) is 5.92 Å². The second-order valence-corrected chi connectivity index (χ2v) is 4.46. The minimum atomic E-state index is -0.699. The average Bonchev–Trinajstić information content (AvgIpc) is 2.01. The first kappa shape index (κ1) is 13.4. The molecule has 0 aliphatic heterocycles. The predicted molar refractivity (Wildman–Crippen MR) is 58.4 cm³/mol. The molecule has 1 unspecified atom stereocenters. The van der Waals surface area contributed by atoms with E-state index in [0.717, 1.165) is 13.0 Å². The van der Waals surface area contributed by atoms with Crippen molar-refractivity contribution in [2.24, 2.45) is 5.92 Å². The van der Waals surface area contributed by atoms with Crippen molar-refractivity contribution in [3.05, 3.63) is 0 Å². The normalized spacial score (nSPS) is 13.6. The quantitative estimate of drug-likeness (QED) is 0.686. The summed E-state index contributed by atoms with van der Waals surface area (Å²) in [6.45, 7) is 7.49. The van der Waals surface area contributed by atoms with Crippen LogP contribution in [0.2, 0.25) is 0 Å². The van der Waals surface area contributed by atoms with Crippen LogP contribution in [0.5, 0.6) is 0 Å². The van der Waals surface area contributed by atoms with Crippen LogP contribution in [-0.2, 0) is 4.79 Å². The summed E-state index contributed by atoms with van der Waals surface area (Å²) in [5, 5.41) is 8.49. The highest BCUT2D eigenvalue weighted by Gasteiger charge is 2.10. The van der Waals surface area contributed by atoms with Crippen LogP contribution in [0.25, 0.3) is 0 Å². The van der Waals surface area contributed by atoms with Crippen LogP contribution >= 0.6 is 0 Å². The lowest BCUT2D eigenvalue weighted by Crippen LogP contribution is -2.31. The fourth-order valence-corrected chi connectivity index (χ4v) is 1.56. The summed E-state index contributed by atoms with van der Waals surface area (Å²) >= 11 is 0. The average molecular weight is 201 g/mol. The lowest BCUT2D eigenvalue weighted by Gasteiger charge is -2.25. The van der Waals surface area contributed by atoms with E-state index in [1.807, 2.05) is 0 Å². The Hall–Kier alpha value is -0.570. The summed E-state index contributed by atoms with van der Waals surface area (Å²) in [5.41, 5.74) is 0. The van der Waals surface area contributed by atoms with Crippen molar-refractivity contribution in [3.63, 3.8) is 0 Å². The molecule has 0 spiro atoms. The zero-order chi connectivity index (χ0) is 11.1. The molecule has 3 nitrogen and oxygen atoms in total. The van der Waals surface area contributed by atoms with Gasteiger partial charge in [-0.2, -0.15) is 0 Å². The first-order valence-electron chi connectivity index (χ1n) is 5.35. The van der Waals surface area contributed by atoms with Gasteiger partial charge in [0.15, 0.2) is 0 Å². The summed E-state index contributed by atoms with van der Waals surface area (Å²) in [6, 6.07) is 0.545. The van der Waals surface area contributed by atoms with Gasteiger partial charge in [0.25, 0.3) is 0 Å². The number of carboxylic acid groups (broad SMARTS) is 1. The van der Waals surface area contributed by atoms with E-state index in [1.165, 1.54) is 6.42 Å².